The number of phenolic OH excluding ortho intramolecular Hbond substituents is 1. The Balaban J connectivity index is 1.48. The Labute approximate surface area is 209 Å². The van der Waals surface area contributed by atoms with E-state index >= 15 is 0 Å². The van der Waals surface area contributed by atoms with Crippen LogP contribution >= 0.6 is 11.3 Å². The lowest BCUT2D eigenvalue weighted by Crippen LogP contribution is -2.31. The van der Waals surface area contributed by atoms with Crippen molar-refractivity contribution in [1.29, 1.82) is 0 Å². The first-order valence-electron chi connectivity index (χ1n) is 11.4. The number of sulfonamides is 1. The monoisotopic (exact) mass is 509 g/mol. The topological polar surface area (TPSA) is 99.6 Å². The standard InChI is InChI=1S/C26H27N3O4S2/c1-3-5-16-29(4-2)35(32,33)20-13-10-18(11-14-20)25(31)27-19-12-15-21(23(30)17-19)26-28-22-8-6-7-9-24(22)34-26/h6-15,17,30H,3-5,16H2,1-2H3,(H,27,31). The molecule has 3 aromatic carbocycles. The maximum atomic E-state index is 12.9. The smallest absolute Gasteiger partial charge is 0.255 e. The van der Waals surface area contributed by atoms with Crippen LogP contribution < -0.4 is 5.32 Å². The lowest BCUT2D eigenvalue weighted by molar-refractivity contribution is 0.102. The molecule has 1 heterocycles. The van der Waals surface area contributed by atoms with Gasteiger partial charge in [0.2, 0.25) is 10.0 Å². The van der Waals surface area contributed by atoms with Crippen LogP contribution in [-0.2, 0) is 10.0 Å². The molecule has 1 amide bonds. The zero-order valence-corrected chi connectivity index (χ0v) is 21.2. The number of aromatic nitrogens is 1. The molecule has 9 heteroatoms. The molecule has 35 heavy (non-hydrogen) atoms. The molecule has 0 saturated heterocycles. The number of hydrogen-bond acceptors (Lipinski definition) is 6. The van der Waals surface area contributed by atoms with Crippen LogP contribution in [0.4, 0.5) is 5.69 Å². The van der Waals surface area contributed by atoms with Gasteiger partial charge in [-0.05, 0) is 55.0 Å². The first-order chi connectivity index (χ1) is 16.8. The SMILES string of the molecule is CCCCN(CC)S(=O)(=O)c1ccc(C(=O)Nc2ccc(-c3nc4ccccc4s3)c(O)c2)cc1. The lowest BCUT2D eigenvalue weighted by atomic mass is 10.1. The van der Waals surface area contributed by atoms with Crippen molar-refractivity contribution >= 4 is 43.2 Å². The predicted octanol–water partition coefficient (Wildman–Crippen LogP) is 5.73. The van der Waals surface area contributed by atoms with Crippen LogP contribution in [0.3, 0.4) is 0 Å². The molecular formula is C26H27N3O4S2. The van der Waals surface area contributed by atoms with Crippen molar-refractivity contribution in [2.24, 2.45) is 0 Å². The number of hydrogen-bond donors (Lipinski definition) is 2. The second-order valence-corrected chi connectivity index (χ2v) is 11.0. The predicted molar refractivity (Wildman–Crippen MR) is 140 cm³/mol. The third kappa shape index (κ3) is 5.37. The average molecular weight is 510 g/mol. The van der Waals surface area contributed by atoms with Gasteiger partial charge in [-0.3, -0.25) is 4.79 Å². The molecular weight excluding hydrogens is 482 g/mol. The number of aromatic hydroxyl groups is 1. The van der Waals surface area contributed by atoms with Crippen LogP contribution in [0.1, 0.15) is 37.0 Å². The van der Waals surface area contributed by atoms with Crippen molar-refractivity contribution < 1.29 is 18.3 Å². The summed E-state index contributed by atoms with van der Waals surface area (Å²) in [5.41, 5.74) is 2.19. The number of phenols is 1. The molecule has 0 aliphatic heterocycles. The summed E-state index contributed by atoms with van der Waals surface area (Å²) in [6.45, 7) is 4.68. The molecule has 4 rings (SSSR count). The van der Waals surface area contributed by atoms with Gasteiger partial charge in [0, 0.05) is 30.4 Å². The highest BCUT2D eigenvalue weighted by molar-refractivity contribution is 7.89. The Morgan fingerprint density at radius 2 is 1.80 bits per heavy atom. The van der Waals surface area contributed by atoms with E-state index in [-0.39, 0.29) is 10.6 Å². The van der Waals surface area contributed by atoms with Gasteiger partial charge in [0.25, 0.3) is 5.91 Å². The van der Waals surface area contributed by atoms with Gasteiger partial charge >= 0.3 is 0 Å². The Morgan fingerprint density at radius 1 is 1.06 bits per heavy atom. The molecule has 0 saturated carbocycles. The van der Waals surface area contributed by atoms with E-state index in [0.29, 0.717) is 34.9 Å². The van der Waals surface area contributed by atoms with Gasteiger partial charge in [0.1, 0.15) is 10.8 Å². The zero-order chi connectivity index (χ0) is 25.0. The number of nitrogens with zero attached hydrogens (tertiary/aromatic N) is 2. The van der Waals surface area contributed by atoms with Crippen molar-refractivity contribution in [3.63, 3.8) is 0 Å². The average Bonchev–Trinajstić information content (AvgIpc) is 3.28. The fourth-order valence-electron chi connectivity index (χ4n) is 3.69. The lowest BCUT2D eigenvalue weighted by Gasteiger charge is -2.20. The van der Waals surface area contributed by atoms with Crippen molar-refractivity contribution in [3.05, 3.63) is 72.3 Å². The van der Waals surface area contributed by atoms with Gasteiger partial charge < -0.3 is 10.4 Å². The van der Waals surface area contributed by atoms with Crippen molar-refractivity contribution in [2.75, 3.05) is 18.4 Å². The molecule has 2 N–H and O–H groups in total. The number of unbranched alkanes of at least 4 members (excludes halogenated alkanes) is 1. The number of carbonyl (C=O) groups is 1. The maximum Gasteiger partial charge on any atom is 0.255 e. The number of para-hydroxylation sites is 1. The van der Waals surface area contributed by atoms with Crippen LogP contribution in [-0.4, -0.2) is 41.8 Å². The summed E-state index contributed by atoms with van der Waals surface area (Å²) in [7, 11) is -3.61. The number of anilines is 1. The number of thiazole rings is 1. The second-order valence-electron chi connectivity index (χ2n) is 8.05. The van der Waals surface area contributed by atoms with Crippen LogP contribution in [0.25, 0.3) is 20.8 Å². The molecule has 0 spiro atoms. The second kappa shape index (κ2) is 10.6. The third-order valence-electron chi connectivity index (χ3n) is 5.65. The normalized spacial score (nSPS) is 11.7. The number of nitrogens with one attached hydrogen (secondary N) is 1. The van der Waals surface area contributed by atoms with Crippen LogP contribution in [0.5, 0.6) is 5.75 Å². The van der Waals surface area contributed by atoms with E-state index in [2.05, 4.69) is 10.3 Å². The molecule has 182 valence electrons. The molecule has 0 atom stereocenters. The van der Waals surface area contributed by atoms with Crippen LogP contribution in [0.15, 0.2) is 71.6 Å². The van der Waals surface area contributed by atoms with E-state index in [1.165, 1.54) is 46.0 Å². The molecule has 0 aliphatic rings. The molecule has 0 fully saturated rings. The molecule has 1 aromatic heterocycles. The number of rotatable bonds is 9. The Bertz CT molecular complexity index is 1410. The van der Waals surface area contributed by atoms with E-state index in [1.54, 1.807) is 12.1 Å². The largest absolute Gasteiger partial charge is 0.507 e. The molecule has 0 unspecified atom stereocenters. The third-order valence-corrected chi connectivity index (χ3v) is 8.71. The Morgan fingerprint density at radius 3 is 2.46 bits per heavy atom. The van der Waals surface area contributed by atoms with Crippen LogP contribution in [0, 0.1) is 0 Å². The number of carbonyl (C=O) groups excluding carboxylic acids is 1. The molecule has 0 bridgehead atoms. The first-order valence-corrected chi connectivity index (χ1v) is 13.7. The fourth-order valence-corrected chi connectivity index (χ4v) is 6.18. The van der Waals surface area contributed by atoms with Gasteiger partial charge in [-0.1, -0.05) is 32.4 Å². The number of amides is 1. The summed E-state index contributed by atoms with van der Waals surface area (Å²) < 4.78 is 28.2. The van der Waals surface area contributed by atoms with E-state index in [0.717, 1.165) is 23.1 Å². The van der Waals surface area contributed by atoms with Crippen molar-refractivity contribution in [2.45, 2.75) is 31.6 Å². The number of fused-ring (bicyclic) bond motifs is 1. The summed E-state index contributed by atoms with van der Waals surface area (Å²) in [5, 5.41) is 14.0. The van der Waals surface area contributed by atoms with Gasteiger partial charge in [0.05, 0.1) is 20.7 Å². The van der Waals surface area contributed by atoms with Crippen LogP contribution in [0.2, 0.25) is 0 Å². The van der Waals surface area contributed by atoms with Gasteiger partial charge in [0.15, 0.2) is 0 Å². The molecule has 4 aromatic rings. The fraction of sp³-hybridized carbons (Fsp3) is 0.231. The molecule has 0 aliphatic carbocycles. The minimum Gasteiger partial charge on any atom is -0.507 e. The molecule has 7 nitrogen and oxygen atoms in total. The maximum absolute atomic E-state index is 12.9. The quantitative estimate of drug-likeness (QED) is 0.300. The number of benzene rings is 3. The summed E-state index contributed by atoms with van der Waals surface area (Å²) in [6.07, 6.45) is 1.69. The van der Waals surface area contributed by atoms with Gasteiger partial charge in [-0.2, -0.15) is 4.31 Å². The van der Waals surface area contributed by atoms with E-state index < -0.39 is 15.9 Å². The highest BCUT2D eigenvalue weighted by Gasteiger charge is 2.23. The van der Waals surface area contributed by atoms with E-state index in [4.69, 9.17) is 0 Å². The highest BCUT2D eigenvalue weighted by atomic mass is 32.2. The van der Waals surface area contributed by atoms with Crippen molar-refractivity contribution in [1.82, 2.24) is 9.29 Å². The van der Waals surface area contributed by atoms with E-state index in [1.807, 2.05) is 38.1 Å². The minimum atomic E-state index is -3.61. The first kappa shape index (κ1) is 24.8. The Kier molecular flexibility index (Phi) is 7.49. The summed E-state index contributed by atoms with van der Waals surface area (Å²) >= 11 is 1.48. The molecule has 0 radical (unpaired) electrons. The highest BCUT2D eigenvalue weighted by Crippen LogP contribution is 2.36. The summed E-state index contributed by atoms with van der Waals surface area (Å²) in [6, 6.07) is 18.5. The summed E-state index contributed by atoms with van der Waals surface area (Å²) in [5.74, 6) is -0.394. The van der Waals surface area contributed by atoms with E-state index in [9.17, 15) is 18.3 Å². The Hall–Kier alpha value is -3.27. The van der Waals surface area contributed by atoms with Gasteiger partial charge in [-0.25, -0.2) is 13.4 Å². The minimum absolute atomic E-state index is 0.00929. The van der Waals surface area contributed by atoms with Gasteiger partial charge in [-0.15, -0.1) is 11.3 Å². The summed E-state index contributed by atoms with van der Waals surface area (Å²) in [4.78, 5) is 17.4. The zero-order valence-electron chi connectivity index (χ0n) is 19.6. The van der Waals surface area contributed by atoms with Crippen molar-refractivity contribution in [3.8, 4) is 16.3 Å².